The predicted octanol–water partition coefficient (Wildman–Crippen LogP) is 3.88. The molecule has 1 aliphatic carbocycles. The van der Waals surface area contributed by atoms with Gasteiger partial charge in [-0.3, -0.25) is 4.79 Å². The molecule has 0 aliphatic heterocycles. The quantitative estimate of drug-likeness (QED) is 0.899. The number of halogens is 1. The van der Waals surface area contributed by atoms with Crippen LogP contribution in [0.3, 0.4) is 0 Å². The van der Waals surface area contributed by atoms with Gasteiger partial charge in [0.05, 0.1) is 0 Å². The van der Waals surface area contributed by atoms with Gasteiger partial charge in [-0.25, -0.2) is 4.39 Å². The van der Waals surface area contributed by atoms with Crippen LogP contribution in [0.2, 0.25) is 0 Å². The van der Waals surface area contributed by atoms with E-state index in [0.717, 1.165) is 25.7 Å². The van der Waals surface area contributed by atoms with Crippen molar-refractivity contribution >= 4 is 23.2 Å². The molecule has 0 saturated heterocycles. The number of anilines is 3. The van der Waals surface area contributed by atoms with Crippen molar-refractivity contribution in [2.24, 2.45) is 5.92 Å². The summed E-state index contributed by atoms with van der Waals surface area (Å²) in [5, 5.41) is 13.8. The maximum Gasteiger partial charge on any atom is 0.228 e. The fourth-order valence-corrected chi connectivity index (χ4v) is 2.77. The SMILES string of the molecule is O=C(Nc1ccc(Nc2cccc(F)c2)nn1)C1CCCCC1. The molecule has 1 aromatic carbocycles. The van der Waals surface area contributed by atoms with E-state index in [1.165, 1.54) is 18.6 Å². The summed E-state index contributed by atoms with van der Waals surface area (Å²) in [4.78, 5) is 12.1. The van der Waals surface area contributed by atoms with Gasteiger partial charge in [0.2, 0.25) is 5.91 Å². The Morgan fingerprint density at radius 3 is 2.48 bits per heavy atom. The minimum atomic E-state index is -0.320. The zero-order chi connectivity index (χ0) is 16.1. The summed E-state index contributed by atoms with van der Waals surface area (Å²) in [5.74, 6) is 0.705. The molecule has 1 heterocycles. The molecule has 120 valence electrons. The van der Waals surface area contributed by atoms with E-state index >= 15 is 0 Å². The molecule has 2 N–H and O–H groups in total. The lowest BCUT2D eigenvalue weighted by Crippen LogP contribution is -2.25. The van der Waals surface area contributed by atoms with Crippen molar-refractivity contribution in [3.05, 3.63) is 42.2 Å². The maximum absolute atomic E-state index is 13.1. The summed E-state index contributed by atoms with van der Waals surface area (Å²) in [6.07, 6.45) is 5.32. The summed E-state index contributed by atoms with van der Waals surface area (Å²) in [7, 11) is 0. The number of nitrogens with zero attached hydrogens (tertiary/aromatic N) is 2. The number of carbonyl (C=O) groups excluding carboxylic acids is 1. The van der Waals surface area contributed by atoms with Crippen LogP contribution in [0, 0.1) is 11.7 Å². The van der Waals surface area contributed by atoms with E-state index in [1.54, 1.807) is 24.3 Å². The molecule has 2 aromatic rings. The summed E-state index contributed by atoms with van der Waals surface area (Å²) >= 11 is 0. The van der Waals surface area contributed by atoms with E-state index < -0.39 is 0 Å². The zero-order valence-corrected chi connectivity index (χ0v) is 12.8. The molecule has 1 saturated carbocycles. The highest BCUT2D eigenvalue weighted by Gasteiger charge is 2.21. The minimum Gasteiger partial charge on any atom is -0.339 e. The zero-order valence-electron chi connectivity index (χ0n) is 12.8. The Hall–Kier alpha value is -2.50. The molecule has 1 fully saturated rings. The number of rotatable bonds is 4. The third kappa shape index (κ3) is 4.25. The van der Waals surface area contributed by atoms with Gasteiger partial charge in [0.25, 0.3) is 0 Å². The van der Waals surface area contributed by atoms with E-state index in [9.17, 15) is 9.18 Å². The number of amides is 1. The second kappa shape index (κ2) is 7.17. The first-order chi connectivity index (χ1) is 11.2. The molecule has 0 radical (unpaired) electrons. The molecule has 0 bridgehead atoms. The Balaban J connectivity index is 1.59. The number of aromatic nitrogens is 2. The van der Waals surface area contributed by atoms with Crippen LogP contribution in [0.15, 0.2) is 36.4 Å². The lowest BCUT2D eigenvalue weighted by molar-refractivity contribution is -0.120. The van der Waals surface area contributed by atoms with E-state index in [-0.39, 0.29) is 17.6 Å². The molecular formula is C17H19FN4O. The van der Waals surface area contributed by atoms with Gasteiger partial charge in [-0.1, -0.05) is 25.3 Å². The van der Waals surface area contributed by atoms with Crippen LogP contribution < -0.4 is 10.6 Å². The van der Waals surface area contributed by atoms with Crippen LogP contribution in [-0.2, 0) is 4.79 Å². The van der Waals surface area contributed by atoms with Gasteiger partial charge < -0.3 is 10.6 Å². The number of hydrogen-bond acceptors (Lipinski definition) is 4. The summed E-state index contributed by atoms with van der Waals surface area (Å²) in [6, 6.07) is 9.50. The third-order valence-electron chi connectivity index (χ3n) is 3.99. The Morgan fingerprint density at radius 1 is 1.04 bits per heavy atom. The Labute approximate surface area is 134 Å². The van der Waals surface area contributed by atoms with Gasteiger partial charge in [-0.2, -0.15) is 0 Å². The monoisotopic (exact) mass is 314 g/mol. The number of hydrogen-bond donors (Lipinski definition) is 2. The van der Waals surface area contributed by atoms with Crippen molar-refractivity contribution in [2.45, 2.75) is 32.1 Å². The average molecular weight is 314 g/mol. The number of carbonyl (C=O) groups is 1. The molecular weight excluding hydrogens is 295 g/mol. The van der Waals surface area contributed by atoms with Crippen molar-refractivity contribution in [2.75, 3.05) is 10.6 Å². The fourth-order valence-electron chi connectivity index (χ4n) is 2.77. The van der Waals surface area contributed by atoms with Gasteiger partial charge in [0, 0.05) is 11.6 Å². The second-order valence-electron chi connectivity index (χ2n) is 5.76. The van der Waals surface area contributed by atoms with Gasteiger partial charge in [-0.15, -0.1) is 10.2 Å². The van der Waals surface area contributed by atoms with Gasteiger partial charge in [0.15, 0.2) is 11.6 Å². The van der Waals surface area contributed by atoms with Gasteiger partial charge in [-0.05, 0) is 43.2 Å². The number of benzene rings is 1. The lowest BCUT2D eigenvalue weighted by atomic mass is 9.89. The smallest absolute Gasteiger partial charge is 0.228 e. The van der Waals surface area contributed by atoms with Crippen LogP contribution in [0.1, 0.15) is 32.1 Å². The molecule has 1 aliphatic rings. The maximum atomic E-state index is 13.1. The summed E-state index contributed by atoms with van der Waals surface area (Å²) in [6.45, 7) is 0. The Morgan fingerprint density at radius 2 is 1.78 bits per heavy atom. The topological polar surface area (TPSA) is 66.9 Å². The van der Waals surface area contributed by atoms with Gasteiger partial charge >= 0.3 is 0 Å². The summed E-state index contributed by atoms with van der Waals surface area (Å²) < 4.78 is 13.1. The normalized spacial score (nSPS) is 15.2. The van der Waals surface area contributed by atoms with Crippen molar-refractivity contribution < 1.29 is 9.18 Å². The van der Waals surface area contributed by atoms with Crippen LogP contribution in [0.5, 0.6) is 0 Å². The van der Waals surface area contributed by atoms with E-state index in [0.29, 0.717) is 17.3 Å². The van der Waals surface area contributed by atoms with Crippen molar-refractivity contribution in [3.63, 3.8) is 0 Å². The van der Waals surface area contributed by atoms with E-state index in [4.69, 9.17) is 0 Å². The van der Waals surface area contributed by atoms with Gasteiger partial charge in [0.1, 0.15) is 5.82 Å². The van der Waals surface area contributed by atoms with Crippen molar-refractivity contribution in [1.29, 1.82) is 0 Å². The molecule has 3 rings (SSSR count). The largest absolute Gasteiger partial charge is 0.339 e. The third-order valence-corrected chi connectivity index (χ3v) is 3.99. The molecule has 1 amide bonds. The molecule has 0 spiro atoms. The highest BCUT2D eigenvalue weighted by Crippen LogP contribution is 2.24. The molecule has 0 unspecified atom stereocenters. The highest BCUT2D eigenvalue weighted by atomic mass is 19.1. The first-order valence-electron chi connectivity index (χ1n) is 7.88. The molecule has 5 nitrogen and oxygen atoms in total. The molecule has 6 heteroatoms. The van der Waals surface area contributed by atoms with Crippen molar-refractivity contribution in [1.82, 2.24) is 10.2 Å². The van der Waals surface area contributed by atoms with Crippen molar-refractivity contribution in [3.8, 4) is 0 Å². The van der Waals surface area contributed by atoms with Crippen LogP contribution in [0.25, 0.3) is 0 Å². The first-order valence-corrected chi connectivity index (χ1v) is 7.88. The van der Waals surface area contributed by atoms with Crippen LogP contribution >= 0.6 is 0 Å². The summed E-state index contributed by atoms with van der Waals surface area (Å²) in [5.41, 5.74) is 0.596. The first kappa shape index (κ1) is 15.4. The second-order valence-corrected chi connectivity index (χ2v) is 5.76. The van der Waals surface area contributed by atoms with E-state index in [1.807, 2.05) is 0 Å². The predicted molar refractivity (Wildman–Crippen MR) is 86.9 cm³/mol. The average Bonchev–Trinajstić information content (AvgIpc) is 2.57. The molecule has 23 heavy (non-hydrogen) atoms. The molecule has 1 aromatic heterocycles. The Bertz CT molecular complexity index is 669. The molecule has 0 atom stereocenters. The lowest BCUT2D eigenvalue weighted by Gasteiger charge is -2.20. The van der Waals surface area contributed by atoms with Crippen LogP contribution in [-0.4, -0.2) is 16.1 Å². The fraction of sp³-hybridized carbons (Fsp3) is 0.353. The van der Waals surface area contributed by atoms with E-state index in [2.05, 4.69) is 20.8 Å². The van der Waals surface area contributed by atoms with Crippen LogP contribution in [0.4, 0.5) is 21.7 Å². The minimum absolute atomic E-state index is 0.0184. The number of nitrogens with one attached hydrogen (secondary N) is 2. The standard InChI is InChI=1S/C17H19FN4O/c18-13-7-4-8-14(11-13)19-15-9-10-16(22-21-15)20-17(23)12-5-2-1-3-6-12/h4,7-12H,1-3,5-6H2,(H,19,21)(H,20,22,23). The Kier molecular flexibility index (Phi) is 4.80. The highest BCUT2D eigenvalue weighted by molar-refractivity contribution is 5.91.